The Labute approximate surface area is 162 Å². The molecule has 0 saturated heterocycles. The molecule has 2 aromatic rings. The molecule has 6 nitrogen and oxygen atoms in total. The SMILES string of the molecule is Cc1cc(=O)[nH]c(S[C@@H](C)C(=O)N(CCN(C)C)Cc2ccc(C)s2)n1. The van der Waals surface area contributed by atoms with Crippen molar-refractivity contribution in [3.8, 4) is 0 Å². The number of thioether (sulfide) groups is 1. The molecule has 1 amide bonds. The number of thiophene rings is 1. The zero-order valence-corrected chi connectivity index (χ0v) is 17.5. The number of carbonyl (C=O) groups excluding carboxylic acids is 1. The summed E-state index contributed by atoms with van der Waals surface area (Å²) in [5.74, 6) is 0.0482. The van der Waals surface area contributed by atoms with E-state index in [-0.39, 0.29) is 16.7 Å². The lowest BCUT2D eigenvalue weighted by Gasteiger charge is -2.26. The van der Waals surface area contributed by atoms with Crippen molar-refractivity contribution < 1.29 is 4.79 Å². The number of aryl methyl sites for hydroxylation is 2. The van der Waals surface area contributed by atoms with Gasteiger partial charge in [-0.2, -0.15) is 0 Å². The van der Waals surface area contributed by atoms with Crippen LogP contribution < -0.4 is 5.56 Å². The number of carbonyl (C=O) groups is 1. The summed E-state index contributed by atoms with van der Waals surface area (Å²) in [6.07, 6.45) is 0. The maximum absolute atomic E-state index is 13.0. The molecule has 0 spiro atoms. The standard InChI is InChI=1S/C18H26N4O2S2/c1-12-10-16(23)20-18(19-12)26-14(3)17(24)22(9-8-21(4)5)11-15-7-6-13(2)25-15/h6-7,10,14H,8-9,11H2,1-5H3,(H,19,20,23)/t14-/m0/s1. The van der Waals surface area contributed by atoms with Crippen molar-refractivity contribution >= 4 is 29.0 Å². The second-order valence-electron chi connectivity index (χ2n) is 6.53. The first-order valence-electron chi connectivity index (χ1n) is 8.48. The topological polar surface area (TPSA) is 69.3 Å². The molecule has 0 fully saturated rings. The van der Waals surface area contributed by atoms with E-state index in [1.165, 1.54) is 27.6 Å². The number of hydrogen-bond acceptors (Lipinski definition) is 6. The summed E-state index contributed by atoms with van der Waals surface area (Å²) in [6, 6.07) is 5.60. The van der Waals surface area contributed by atoms with Gasteiger partial charge in [0.25, 0.3) is 5.56 Å². The summed E-state index contributed by atoms with van der Waals surface area (Å²) in [5, 5.41) is 0.151. The Bertz CT molecular complexity index is 800. The van der Waals surface area contributed by atoms with Crippen LogP contribution in [0.4, 0.5) is 0 Å². The Balaban J connectivity index is 2.10. The number of nitrogens with zero attached hydrogens (tertiary/aromatic N) is 3. The van der Waals surface area contributed by atoms with Gasteiger partial charge in [-0.1, -0.05) is 11.8 Å². The number of hydrogen-bond donors (Lipinski definition) is 1. The highest BCUT2D eigenvalue weighted by atomic mass is 32.2. The van der Waals surface area contributed by atoms with Gasteiger partial charge in [0, 0.05) is 34.6 Å². The molecule has 1 atom stereocenters. The van der Waals surface area contributed by atoms with Crippen LogP contribution in [0.15, 0.2) is 28.2 Å². The lowest BCUT2D eigenvalue weighted by Crippen LogP contribution is -2.40. The van der Waals surface area contributed by atoms with E-state index in [9.17, 15) is 9.59 Å². The van der Waals surface area contributed by atoms with E-state index >= 15 is 0 Å². The van der Waals surface area contributed by atoms with Crippen LogP contribution in [0.2, 0.25) is 0 Å². The lowest BCUT2D eigenvalue weighted by molar-refractivity contribution is -0.131. The molecule has 0 aliphatic heterocycles. The average Bonchev–Trinajstić information content (AvgIpc) is 2.94. The summed E-state index contributed by atoms with van der Waals surface area (Å²) >= 11 is 3.00. The van der Waals surface area contributed by atoms with Gasteiger partial charge < -0.3 is 14.8 Å². The zero-order chi connectivity index (χ0) is 19.3. The van der Waals surface area contributed by atoms with Crippen LogP contribution in [0.5, 0.6) is 0 Å². The third kappa shape index (κ3) is 6.26. The first-order chi connectivity index (χ1) is 12.2. The highest BCUT2D eigenvalue weighted by Gasteiger charge is 2.23. The zero-order valence-electron chi connectivity index (χ0n) is 15.9. The van der Waals surface area contributed by atoms with Crippen LogP contribution in [0.3, 0.4) is 0 Å². The minimum absolute atomic E-state index is 0.0482. The highest BCUT2D eigenvalue weighted by Crippen LogP contribution is 2.23. The number of H-pyrrole nitrogens is 1. The minimum Gasteiger partial charge on any atom is -0.335 e. The first-order valence-corrected chi connectivity index (χ1v) is 10.2. The average molecular weight is 395 g/mol. The second kappa shape index (κ2) is 9.34. The molecule has 2 rings (SSSR count). The molecule has 26 heavy (non-hydrogen) atoms. The van der Waals surface area contributed by atoms with Gasteiger partial charge in [0.2, 0.25) is 5.91 Å². The lowest BCUT2D eigenvalue weighted by atomic mass is 10.3. The number of nitrogens with one attached hydrogen (secondary N) is 1. The Morgan fingerprint density at radius 2 is 2.04 bits per heavy atom. The summed E-state index contributed by atoms with van der Waals surface area (Å²) in [7, 11) is 4.00. The number of aromatic amines is 1. The maximum Gasteiger partial charge on any atom is 0.251 e. The van der Waals surface area contributed by atoms with Gasteiger partial charge in [0.15, 0.2) is 5.16 Å². The third-order valence-corrected chi connectivity index (χ3v) is 5.71. The van der Waals surface area contributed by atoms with Crippen LogP contribution >= 0.6 is 23.1 Å². The van der Waals surface area contributed by atoms with Crippen molar-refractivity contribution in [1.29, 1.82) is 0 Å². The molecule has 1 N–H and O–H groups in total. The molecular formula is C18H26N4O2S2. The largest absolute Gasteiger partial charge is 0.335 e. The van der Waals surface area contributed by atoms with E-state index < -0.39 is 0 Å². The van der Waals surface area contributed by atoms with Crippen LogP contribution in [0, 0.1) is 13.8 Å². The van der Waals surface area contributed by atoms with E-state index in [1.54, 1.807) is 18.3 Å². The van der Waals surface area contributed by atoms with Gasteiger partial charge >= 0.3 is 0 Å². The normalized spacial score (nSPS) is 12.4. The Hall–Kier alpha value is -1.64. The summed E-state index contributed by atoms with van der Waals surface area (Å²) in [5.41, 5.74) is 0.451. The molecule has 2 heterocycles. The van der Waals surface area contributed by atoms with Crippen molar-refractivity contribution in [3.63, 3.8) is 0 Å². The number of aromatic nitrogens is 2. The molecule has 0 aromatic carbocycles. The molecule has 0 aliphatic rings. The Morgan fingerprint density at radius 1 is 1.31 bits per heavy atom. The van der Waals surface area contributed by atoms with Crippen molar-refractivity contribution in [2.75, 3.05) is 27.2 Å². The molecule has 0 aliphatic carbocycles. The third-order valence-electron chi connectivity index (χ3n) is 3.76. The molecule has 0 unspecified atom stereocenters. The molecular weight excluding hydrogens is 368 g/mol. The quantitative estimate of drug-likeness (QED) is 0.550. The predicted octanol–water partition coefficient (Wildman–Crippen LogP) is 2.52. The first kappa shape index (κ1) is 20.7. The number of rotatable bonds is 8. The molecule has 0 bridgehead atoms. The molecule has 8 heteroatoms. The van der Waals surface area contributed by atoms with E-state index in [0.29, 0.717) is 23.9 Å². The van der Waals surface area contributed by atoms with E-state index in [4.69, 9.17) is 0 Å². The second-order valence-corrected chi connectivity index (χ2v) is 9.23. The van der Waals surface area contributed by atoms with Gasteiger partial charge in [-0.25, -0.2) is 4.98 Å². The minimum atomic E-state index is -0.330. The van der Waals surface area contributed by atoms with Crippen molar-refractivity contribution in [2.45, 2.75) is 37.7 Å². The van der Waals surface area contributed by atoms with E-state index in [0.717, 1.165) is 6.54 Å². The Morgan fingerprint density at radius 3 is 2.62 bits per heavy atom. The van der Waals surface area contributed by atoms with E-state index in [2.05, 4.69) is 33.9 Å². The van der Waals surface area contributed by atoms with Crippen molar-refractivity contribution in [3.05, 3.63) is 44.0 Å². The van der Waals surface area contributed by atoms with Crippen molar-refractivity contribution in [2.24, 2.45) is 0 Å². The maximum atomic E-state index is 13.0. The van der Waals surface area contributed by atoms with Gasteiger partial charge in [-0.3, -0.25) is 9.59 Å². The van der Waals surface area contributed by atoms with Gasteiger partial charge in [0.1, 0.15) is 0 Å². The predicted molar refractivity (Wildman–Crippen MR) is 108 cm³/mol. The smallest absolute Gasteiger partial charge is 0.251 e. The van der Waals surface area contributed by atoms with Gasteiger partial charge in [-0.05, 0) is 47.0 Å². The van der Waals surface area contributed by atoms with Crippen LogP contribution in [-0.2, 0) is 11.3 Å². The fourth-order valence-electron chi connectivity index (χ4n) is 2.43. The molecule has 2 aromatic heterocycles. The van der Waals surface area contributed by atoms with Crippen LogP contribution in [0.25, 0.3) is 0 Å². The fourth-order valence-corrected chi connectivity index (χ4v) is 4.28. The van der Waals surface area contributed by atoms with E-state index in [1.807, 2.05) is 25.9 Å². The number of amides is 1. The van der Waals surface area contributed by atoms with Gasteiger partial charge in [-0.15, -0.1) is 11.3 Å². The fraction of sp³-hybridized carbons (Fsp3) is 0.500. The summed E-state index contributed by atoms with van der Waals surface area (Å²) in [6.45, 7) is 7.76. The Kier molecular flexibility index (Phi) is 7.43. The van der Waals surface area contributed by atoms with Crippen LogP contribution in [0.1, 0.15) is 22.4 Å². The molecule has 142 valence electrons. The molecule has 0 saturated carbocycles. The summed E-state index contributed by atoms with van der Waals surface area (Å²) in [4.78, 5) is 38.0. The number of likely N-dealkylation sites (N-methyl/N-ethyl adjacent to an activating group) is 1. The van der Waals surface area contributed by atoms with Crippen LogP contribution in [-0.4, -0.2) is 58.1 Å². The molecule has 0 radical (unpaired) electrons. The summed E-state index contributed by atoms with van der Waals surface area (Å²) < 4.78 is 0. The monoisotopic (exact) mass is 394 g/mol. The van der Waals surface area contributed by atoms with Gasteiger partial charge in [0.05, 0.1) is 11.8 Å². The highest BCUT2D eigenvalue weighted by molar-refractivity contribution is 8.00. The van der Waals surface area contributed by atoms with Crippen molar-refractivity contribution in [1.82, 2.24) is 19.8 Å².